The number of furan rings is 1. The Kier molecular flexibility index (Phi) is 4.29. The van der Waals surface area contributed by atoms with E-state index >= 15 is 0 Å². The van der Waals surface area contributed by atoms with Gasteiger partial charge in [-0.05, 0) is 30.7 Å². The Morgan fingerprint density at radius 2 is 2.05 bits per heavy atom. The quantitative estimate of drug-likeness (QED) is 0.728. The minimum Gasteiger partial charge on any atom is -0.467 e. The molecule has 6 nitrogen and oxygen atoms in total. The summed E-state index contributed by atoms with van der Waals surface area (Å²) in [5.74, 6) is 2.21. The van der Waals surface area contributed by atoms with E-state index in [4.69, 9.17) is 4.42 Å². The van der Waals surface area contributed by atoms with Gasteiger partial charge < -0.3 is 15.1 Å². The first-order valence-electron chi connectivity index (χ1n) is 7.04. The van der Waals surface area contributed by atoms with E-state index in [1.807, 2.05) is 43.5 Å². The summed E-state index contributed by atoms with van der Waals surface area (Å²) < 4.78 is 5.29. The molecule has 0 aromatic carbocycles. The van der Waals surface area contributed by atoms with Crippen molar-refractivity contribution in [3.05, 3.63) is 66.0 Å². The lowest BCUT2D eigenvalue weighted by molar-refractivity contribution is 0.518. The monoisotopic (exact) mass is 295 g/mol. The zero-order valence-electron chi connectivity index (χ0n) is 12.3. The fourth-order valence-electron chi connectivity index (χ4n) is 2.01. The fraction of sp³-hybridized carbons (Fsp3) is 0.188. The van der Waals surface area contributed by atoms with Crippen LogP contribution in [0.25, 0.3) is 0 Å². The number of rotatable bonds is 6. The SMILES string of the molecule is Cc1cc(NCc2ccco2)nc(NCc2cccnc2)n1. The van der Waals surface area contributed by atoms with Gasteiger partial charge >= 0.3 is 0 Å². The highest BCUT2D eigenvalue weighted by Gasteiger charge is 2.03. The molecule has 0 atom stereocenters. The number of hydrogen-bond donors (Lipinski definition) is 2. The molecule has 3 aromatic heterocycles. The van der Waals surface area contributed by atoms with Crippen LogP contribution >= 0.6 is 0 Å². The molecule has 0 unspecified atom stereocenters. The Labute approximate surface area is 128 Å². The van der Waals surface area contributed by atoms with Gasteiger partial charge in [-0.2, -0.15) is 4.98 Å². The third-order valence-corrected chi connectivity index (χ3v) is 3.05. The predicted octanol–water partition coefficient (Wildman–Crippen LogP) is 3.00. The highest BCUT2D eigenvalue weighted by atomic mass is 16.3. The first-order valence-corrected chi connectivity index (χ1v) is 7.04. The fourth-order valence-corrected chi connectivity index (χ4v) is 2.01. The van der Waals surface area contributed by atoms with Gasteiger partial charge in [-0.3, -0.25) is 4.98 Å². The summed E-state index contributed by atoms with van der Waals surface area (Å²) in [6, 6.07) is 9.60. The highest BCUT2D eigenvalue weighted by Crippen LogP contribution is 2.12. The third kappa shape index (κ3) is 3.82. The van der Waals surface area contributed by atoms with Crippen LogP contribution in [0.1, 0.15) is 17.0 Å². The molecule has 0 aliphatic carbocycles. The van der Waals surface area contributed by atoms with E-state index < -0.39 is 0 Å². The van der Waals surface area contributed by atoms with Crippen LogP contribution in [0, 0.1) is 6.92 Å². The summed E-state index contributed by atoms with van der Waals surface area (Å²) in [4.78, 5) is 12.9. The number of anilines is 2. The molecule has 3 rings (SSSR count). The van der Waals surface area contributed by atoms with Gasteiger partial charge in [0.25, 0.3) is 0 Å². The summed E-state index contributed by atoms with van der Waals surface area (Å²) >= 11 is 0. The lowest BCUT2D eigenvalue weighted by Crippen LogP contribution is -2.08. The molecule has 0 bridgehead atoms. The van der Waals surface area contributed by atoms with Crippen LogP contribution in [-0.2, 0) is 13.1 Å². The average molecular weight is 295 g/mol. The van der Waals surface area contributed by atoms with Crippen LogP contribution < -0.4 is 10.6 Å². The van der Waals surface area contributed by atoms with E-state index in [9.17, 15) is 0 Å². The second kappa shape index (κ2) is 6.71. The molecule has 0 aliphatic rings. The van der Waals surface area contributed by atoms with Gasteiger partial charge in [0.15, 0.2) is 0 Å². The first-order chi connectivity index (χ1) is 10.8. The summed E-state index contributed by atoms with van der Waals surface area (Å²) in [6.07, 6.45) is 5.23. The first kappa shape index (κ1) is 14.1. The van der Waals surface area contributed by atoms with Crippen LogP contribution in [0.3, 0.4) is 0 Å². The number of aromatic nitrogens is 3. The molecule has 3 aromatic rings. The Bertz CT molecular complexity index is 713. The summed E-state index contributed by atoms with van der Waals surface area (Å²) in [7, 11) is 0. The summed E-state index contributed by atoms with van der Waals surface area (Å²) in [5.41, 5.74) is 1.98. The largest absolute Gasteiger partial charge is 0.467 e. The Morgan fingerprint density at radius 1 is 1.09 bits per heavy atom. The molecule has 0 fully saturated rings. The maximum atomic E-state index is 5.29. The molecule has 22 heavy (non-hydrogen) atoms. The number of hydrogen-bond acceptors (Lipinski definition) is 6. The second-order valence-electron chi connectivity index (χ2n) is 4.87. The molecular formula is C16H17N5O. The summed E-state index contributed by atoms with van der Waals surface area (Å²) in [5, 5.41) is 6.44. The van der Waals surface area contributed by atoms with Crippen LogP contribution in [0.5, 0.6) is 0 Å². The van der Waals surface area contributed by atoms with Crippen molar-refractivity contribution in [2.45, 2.75) is 20.0 Å². The Morgan fingerprint density at radius 3 is 2.82 bits per heavy atom. The molecule has 0 aliphatic heterocycles. The molecule has 0 radical (unpaired) electrons. The van der Waals surface area contributed by atoms with Crippen molar-refractivity contribution in [2.24, 2.45) is 0 Å². The van der Waals surface area contributed by atoms with Crippen LogP contribution in [0.15, 0.2) is 53.4 Å². The Hall–Kier alpha value is -2.89. The van der Waals surface area contributed by atoms with Gasteiger partial charge in [0.1, 0.15) is 11.6 Å². The molecular weight excluding hydrogens is 278 g/mol. The van der Waals surface area contributed by atoms with Crippen LogP contribution in [-0.4, -0.2) is 15.0 Å². The lowest BCUT2D eigenvalue weighted by atomic mass is 10.3. The zero-order chi connectivity index (χ0) is 15.2. The standard InChI is InChI=1S/C16H17N5O/c1-12-8-15(18-11-14-5-3-7-22-14)21-16(20-12)19-10-13-4-2-6-17-9-13/h2-9H,10-11H2,1H3,(H2,18,19,20,21). The van der Waals surface area contributed by atoms with E-state index in [0.29, 0.717) is 19.0 Å². The zero-order valence-corrected chi connectivity index (χ0v) is 12.3. The minimum absolute atomic E-state index is 0.589. The molecule has 3 heterocycles. The molecule has 0 spiro atoms. The molecule has 0 saturated carbocycles. The normalized spacial score (nSPS) is 10.4. The van der Waals surface area contributed by atoms with Gasteiger partial charge in [-0.15, -0.1) is 0 Å². The van der Waals surface area contributed by atoms with Crippen molar-refractivity contribution in [3.63, 3.8) is 0 Å². The summed E-state index contributed by atoms with van der Waals surface area (Å²) in [6.45, 7) is 3.16. The van der Waals surface area contributed by atoms with E-state index in [-0.39, 0.29) is 0 Å². The third-order valence-electron chi connectivity index (χ3n) is 3.05. The van der Waals surface area contributed by atoms with Crippen LogP contribution in [0.4, 0.5) is 11.8 Å². The van der Waals surface area contributed by atoms with Crippen molar-refractivity contribution in [1.29, 1.82) is 0 Å². The van der Waals surface area contributed by atoms with E-state index in [0.717, 1.165) is 22.8 Å². The molecule has 2 N–H and O–H groups in total. The number of aryl methyl sites for hydroxylation is 1. The van der Waals surface area contributed by atoms with Crippen molar-refractivity contribution < 1.29 is 4.42 Å². The maximum Gasteiger partial charge on any atom is 0.225 e. The van der Waals surface area contributed by atoms with Gasteiger partial charge in [-0.1, -0.05) is 6.07 Å². The van der Waals surface area contributed by atoms with E-state index in [1.165, 1.54) is 0 Å². The van der Waals surface area contributed by atoms with Gasteiger partial charge in [0, 0.05) is 30.7 Å². The minimum atomic E-state index is 0.589. The number of nitrogens with zero attached hydrogens (tertiary/aromatic N) is 3. The molecule has 6 heteroatoms. The topological polar surface area (TPSA) is 75.9 Å². The smallest absolute Gasteiger partial charge is 0.225 e. The van der Waals surface area contributed by atoms with E-state index in [1.54, 1.807) is 12.5 Å². The van der Waals surface area contributed by atoms with Gasteiger partial charge in [0.05, 0.1) is 12.8 Å². The van der Waals surface area contributed by atoms with Crippen LogP contribution in [0.2, 0.25) is 0 Å². The van der Waals surface area contributed by atoms with E-state index in [2.05, 4.69) is 25.6 Å². The van der Waals surface area contributed by atoms with Gasteiger partial charge in [0.2, 0.25) is 5.95 Å². The number of pyridine rings is 1. The van der Waals surface area contributed by atoms with Crippen molar-refractivity contribution >= 4 is 11.8 Å². The second-order valence-corrected chi connectivity index (χ2v) is 4.87. The Balaban J connectivity index is 1.64. The molecule has 0 saturated heterocycles. The number of nitrogens with one attached hydrogen (secondary N) is 2. The van der Waals surface area contributed by atoms with Gasteiger partial charge in [-0.25, -0.2) is 4.98 Å². The highest BCUT2D eigenvalue weighted by molar-refractivity contribution is 5.42. The molecule has 0 amide bonds. The average Bonchev–Trinajstić information content (AvgIpc) is 3.05. The van der Waals surface area contributed by atoms with Crippen molar-refractivity contribution in [1.82, 2.24) is 15.0 Å². The molecule has 112 valence electrons. The van der Waals surface area contributed by atoms with Crippen molar-refractivity contribution in [3.8, 4) is 0 Å². The maximum absolute atomic E-state index is 5.29. The lowest BCUT2D eigenvalue weighted by Gasteiger charge is -2.09. The van der Waals surface area contributed by atoms with Crippen molar-refractivity contribution in [2.75, 3.05) is 10.6 Å². The predicted molar refractivity (Wildman–Crippen MR) is 84.4 cm³/mol.